The molecule has 23 nitrogen and oxygen atoms in total. The summed E-state index contributed by atoms with van der Waals surface area (Å²) < 4.78 is 34.8. The molecule has 3 saturated heterocycles. The van der Waals surface area contributed by atoms with Crippen molar-refractivity contribution in [3.05, 3.63) is 12.2 Å². The number of hydrogen-bond donors (Lipinski definition) is 14. The van der Waals surface area contributed by atoms with Crippen molar-refractivity contribution in [2.45, 2.75) is 375 Å². The van der Waals surface area contributed by atoms with Crippen molar-refractivity contribution in [3.8, 4) is 0 Å². The van der Waals surface area contributed by atoms with E-state index in [1.807, 2.05) is 0 Å². The zero-order valence-electron chi connectivity index (χ0n) is 55.7. The molecule has 0 saturated carbocycles. The van der Waals surface area contributed by atoms with E-state index >= 15 is 0 Å². The summed E-state index contributed by atoms with van der Waals surface area (Å²) in [5.74, 6) is -6.11. The molecule has 23 heteroatoms. The molecule has 0 aliphatic carbocycles. The van der Waals surface area contributed by atoms with E-state index in [0.717, 1.165) is 71.1 Å². The van der Waals surface area contributed by atoms with Gasteiger partial charge in [-0.25, -0.2) is 4.79 Å². The van der Waals surface area contributed by atoms with Gasteiger partial charge in [0.1, 0.15) is 67.1 Å². The van der Waals surface area contributed by atoms with E-state index in [9.17, 15) is 75.7 Å². The highest BCUT2D eigenvalue weighted by Crippen LogP contribution is 2.39. The van der Waals surface area contributed by atoms with Gasteiger partial charge in [-0.15, -0.1) is 0 Å². The second kappa shape index (κ2) is 49.1. The molecule has 18 atom stereocenters. The summed E-state index contributed by atoms with van der Waals surface area (Å²) in [6.07, 6.45) is 18.0. The summed E-state index contributed by atoms with van der Waals surface area (Å²) in [4.78, 5) is 38.5. The van der Waals surface area contributed by atoms with Crippen molar-refractivity contribution in [1.82, 2.24) is 10.6 Å². The van der Waals surface area contributed by atoms with Crippen LogP contribution < -0.4 is 10.6 Å². The molecule has 3 rings (SSSR count). The van der Waals surface area contributed by atoms with Crippen molar-refractivity contribution < 1.29 is 104 Å². The number of carbonyl (C=O) groups excluding carboxylic acids is 2. The first-order chi connectivity index (χ1) is 43.9. The zero-order chi connectivity index (χ0) is 66.8. The molecule has 3 aliphatic heterocycles. The van der Waals surface area contributed by atoms with Crippen LogP contribution in [0.2, 0.25) is 0 Å². The molecule has 3 heterocycles. The fourth-order valence-corrected chi connectivity index (χ4v) is 12.5. The number of aliphatic hydroxyl groups is 11. The largest absolute Gasteiger partial charge is 0.477 e. The summed E-state index contributed by atoms with van der Waals surface area (Å²) in [6.45, 7) is 2.18. The van der Waals surface area contributed by atoms with E-state index in [1.54, 1.807) is 0 Å². The Kier molecular flexibility index (Phi) is 44.6. The number of unbranched alkanes of at least 4 members (excludes halogenated alkanes) is 32. The summed E-state index contributed by atoms with van der Waals surface area (Å²) >= 11 is 0. The quantitative estimate of drug-likeness (QED) is 0.0223. The Bertz CT molecular complexity index is 1890. The normalized spacial score (nSPS) is 28.4. The van der Waals surface area contributed by atoms with Gasteiger partial charge in [-0.1, -0.05) is 219 Å². The van der Waals surface area contributed by atoms with Crippen molar-refractivity contribution in [3.63, 3.8) is 0 Å². The van der Waals surface area contributed by atoms with Gasteiger partial charge in [-0.3, -0.25) is 9.59 Å². The topological polar surface area (TPSA) is 373 Å². The van der Waals surface area contributed by atoms with Gasteiger partial charge in [0.05, 0.1) is 50.7 Å². The van der Waals surface area contributed by atoms with Crippen LogP contribution in [-0.2, 0) is 42.8 Å². The second-order valence-corrected chi connectivity index (χ2v) is 26.1. The number of aliphatic carboxylic acids is 1. The van der Waals surface area contributed by atoms with E-state index in [1.165, 1.54) is 148 Å². The lowest BCUT2D eigenvalue weighted by Gasteiger charge is -2.50. The van der Waals surface area contributed by atoms with Crippen LogP contribution >= 0.6 is 0 Å². The molecule has 0 radical (unpaired) electrons. The maximum atomic E-state index is 13.4. The van der Waals surface area contributed by atoms with Gasteiger partial charge in [0.25, 0.3) is 5.79 Å². The molecule has 0 aromatic carbocycles. The van der Waals surface area contributed by atoms with Gasteiger partial charge >= 0.3 is 5.97 Å². The Labute approximate surface area is 543 Å². The molecule has 0 spiro atoms. The van der Waals surface area contributed by atoms with Gasteiger partial charge in [0.2, 0.25) is 11.8 Å². The van der Waals surface area contributed by atoms with Gasteiger partial charge in [0.15, 0.2) is 12.6 Å². The lowest BCUT2D eigenvalue weighted by molar-refractivity contribution is -0.386. The summed E-state index contributed by atoms with van der Waals surface area (Å²) in [5, 5.41) is 136. The third-order valence-electron chi connectivity index (χ3n) is 18.2. The number of allylic oxidation sites excluding steroid dienone is 2. The number of aliphatic hydroxyl groups excluding tert-OH is 11. The van der Waals surface area contributed by atoms with Crippen LogP contribution in [0.4, 0.5) is 0 Å². The fourth-order valence-electron chi connectivity index (χ4n) is 12.5. The Hall–Kier alpha value is -2.53. The average Bonchev–Trinajstić information content (AvgIpc) is 0.765. The van der Waals surface area contributed by atoms with E-state index in [-0.39, 0.29) is 18.9 Å². The highest BCUT2D eigenvalue weighted by atomic mass is 16.8. The highest BCUT2D eigenvalue weighted by molar-refractivity contribution is 5.77. The van der Waals surface area contributed by atoms with E-state index in [0.29, 0.717) is 19.3 Å². The van der Waals surface area contributed by atoms with E-state index in [4.69, 9.17) is 28.4 Å². The molecule has 0 aromatic heterocycles. The maximum absolute atomic E-state index is 13.4. The lowest BCUT2D eigenvalue weighted by Crippen LogP contribution is -2.70. The minimum Gasteiger partial charge on any atom is -0.477 e. The first-order valence-electron chi connectivity index (χ1n) is 35.5. The minimum atomic E-state index is -3.08. The van der Waals surface area contributed by atoms with Crippen molar-refractivity contribution in [1.29, 1.82) is 0 Å². The molecule has 91 heavy (non-hydrogen) atoms. The number of nitrogens with one attached hydrogen (secondary N) is 2. The first kappa shape index (κ1) is 82.7. The Morgan fingerprint density at radius 1 is 0.560 bits per heavy atom. The Balaban J connectivity index is 1.55. The summed E-state index contributed by atoms with van der Waals surface area (Å²) in [6, 6.07) is -2.53. The number of ether oxygens (including phenoxy) is 6. The van der Waals surface area contributed by atoms with Crippen LogP contribution in [0, 0.1) is 0 Å². The molecule has 18 unspecified atom stereocenters. The molecule has 3 aliphatic rings. The number of carboxylic acid groups (broad SMARTS) is 1. The molecule has 0 bridgehead atoms. The van der Waals surface area contributed by atoms with E-state index in [2.05, 4.69) is 36.6 Å². The predicted molar refractivity (Wildman–Crippen MR) is 343 cm³/mol. The van der Waals surface area contributed by atoms with Gasteiger partial charge in [-0.2, -0.15) is 0 Å². The lowest BCUT2D eigenvalue weighted by atomic mass is 9.88. The molecule has 14 N–H and O–H groups in total. The summed E-state index contributed by atoms with van der Waals surface area (Å²) in [5.41, 5.74) is 0. The number of rotatable bonds is 54. The summed E-state index contributed by atoms with van der Waals surface area (Å²) in [7, 11) is 0. The standard InChI is InChI=1S/C68H126N2O21/c1-4-6-8-10-12-14-16-18-19-20-21-22-23-24-25-26-27-28-29-30-31-33-35-37-39-41-50(75)49(70-55(78)42-40-38-36-34-32-17-15-13-11-9-7-5-2)47-86-65-60(82)59(81)62(54(46-73)88-65)89-66-61(83)64(58(80)53(45-72)87-66)91-68(67(84)85)43-51(76)56(69-48(3)74)63(90-68)57(79)52(77)44-71/h13,15,49-54,56-66,71-73,75-77,79-83H,4-12,14,16-47H2,1-3H3,(H,69,74)(H,70,78)(H,84,85)/b15-13-. The van der Waals surface area contributed by atoms with Crippen molar-refractivity contribution in [2.24, 2.45) is 0 Å². The second-order valence-electron chi connectivity index (χ2n) is 26.1. The highest BCUT2D eigenvalue weighted by Gasteiger charge is 2.60. The number of hydrogen-bond acceptors (Lipinski definition) is 20. The van der Waals surface area contributed by atoms with Crippen LogP contribution in [0.3, 0.4) is 0 Å². The third-order valence-corrected chi connectivity index (χ3v) is 18.2. The van der Waals surface area contributed by atoms with Crippen molar-refractivity contribution >= 4 is 17.8 Å². The van der Waals surface area contributed by atoms with E-state index < -0.39 is 148 Å². The molecule has 534 valence electrons. The predicted octanol–water partition coefficient (Wildman–Crippen LogP) is 6.68. The number of amides is 2. The van der Waals surface area contributed by atoms with Gasteiger partial charge in [0, 0.05) is 19.8 Å². The SMILES string of the molecule is CCCCC/C=C\CCCCCCCC(=O)NC(COC1OC(CO)C(OC2OC(CO)C(O)C(OC3(C(=O)O)CC(O)C(NC(C)=O)C(C(O)C(O)CO)O3)C2O)C(O)C1O)C(O)CCCCCCCCCCCCCCCCCCCCCCCCCCC. The van der Waals surface area contributed by atoms with Gasteiger partial charge in [-0.05, 0) is 38.5 Å². The molecule has 2 amide bonds. The monoisotopic (exact) mass is 1310 g/mol. The van der Waals surface area contributed by atoms with Gasteiger partial charge < -0.3 is 100 Å². The van der Waals surface area contributed by atoms with Crippen LogP contribution in [0.15, 0.2) is 12.2 Å². The number of carboxylic acids is 1. The first-order valence-corrected chi connectivity index (χ1v) is 35.5. The fraction of sp³-hybridized carbons (Fsp3) is 0.926. The minimum absolute atomic E-state index is 0.214. The van der Waals surface area contributed by atoms with Crippen LogP contribution in [-0.4, -0.2) is 215 Å². The van der Waals surface area contributed by atoms with Crippen molar-refractivity contribution in [2.75, 3.05) is 26.4 Å². The average molecular weight is 1310 g/mol. The molecular formula is C68H126N2O21. The molecule has 0 aromatic rings. The smallest absolute Gasteiger partial charge is 0.364 e. The molecule has 3 fully saturated rings. The van der Waals surface area contributed by atoms with Crippen LogP contribution in [0.25, 0.3) is 0 Å². The van der Waals surface area contributed by atoms with Crippen LogP contribution in [0.5, 0.6) is 0 Å². The Morgan fingerprint density at radius 2 is 1.02 bits per heavy atom. The van der Waals surface area contributed by atoms with Crippen LogP contribution in [0.1, 0.15) is 265 Å². The Morgan fingerprint density at radius 3 is 1.51 bits per heavy atom. The zero-order valence-corrected chi connectivity index (χ0v) is 55.7. The number of carbonyl (C=O) groups is 3. The molecular weight excluding hydrogens is 1180 g/mol. The third kappa shape index (κ3) is 31.5. The maximum Gasteiger partial charge on any atom is 0.364 e.